The number of benzene rings is 3. The average molecular weight is 644 g/mol. The van der Waals surface area contributed by atoms with E-state index < -0.39 is 5.82 Å². The monoisotopic (exact) mass is 643 g/mol. The van der Waals surface area contributed by atoms with E-state index in [1.54, 1.807) is 30.5 Å². The van der Waals surface area contributed by atoms with Crippen LogP contribution >= 0.6 is 0 Å². The molecule has 0 bridgehead atoms. The molecule has 0 spiro atoms. The predicted octanol–water partition coefficient (Wildman–Crippen LogP) is 6.66. The highest BCUT2D eigenvalue weighted by Crippen LogP contribution is 2.36. The Balaban J connectivity index is 1.21. The van der Waals surface area contributed by atoms with Crippen molar-refractivity contribution in [3.63, 3.8) is 0 Å². The van der Waals surface area contributed by atoms with Gasteiger partial charge in [0.25, 0.3) is 0 Å². The molecule has 7 rings (SSSR count). The molecule has 12 heteroatoms. The number of hydrogen-bond acceptors (Lipinski definition) is 7. The summed E-state index contributed by atoms with van der Waals surface area (Å²) >= 11 is 0. The standard InChI is InChI=1S/C36H31F2N9O/c1-47(2)13-12-40-25-16-22(15-24(37)18-25)28-10-11-41-35-33(28)43-36(44-35)34-31-29(45-46-34)9-8-27(32(31)38)23-17-26(20-39-19-23)42-30(48)14-21-6-4-3-5-7-21/h3-11,15-20,40H,12-14H2,1-2H3,(H,42,48)(H,45,46)(H,41,43,44). The number of amides is 1. The van der Waals surface area contributed by atoms with Crippen molar-refractivity contribution < 1.29 is 13.6 Å². The average Bonchev–Trinajstić information content (AvgIpc) is 3.70. The second-order valence-corrected chi connectivity index (χ2v) is 11.7. The van der Waals surface area contributed by atoms with Gasteiger partial charge in [-0.1, -0.05) is 30.3 Å². The van der Waals surface area contributed by atoms with E-state index >= 15 is 4.39 Å². The van der Waals surface area contributed by atoms with Crippen molar-refractivity contribution in [1.82, 2.24) is 35.0 Å². The van der Waals surface area contributed by atoms with Crippen LogP contribution in [0.5, 0.6) is 0 Å². The molecule has 0 saturated heterocycles. The van der Waals surface area contributed by atoms with Gasteiger partial charge in [0.05, 0.1) is 34.7 Å². The highest BCUT2D eigenvalue weighted by Gasteiger charge is 2.21. The van der Waals surface area contributed by atoms with Gasteiger partial charge in [0.15, 0.2) is 11.5 Å². The number of halogens is 2. The van der Waals surface area contributed by atoms with Gasteiger partial charge < -0.3 is 20.5 Å². The fourth-order valence-corrected chi connectivity index (χ4v) is 5.64. The van der Waals surface area contributed by atoms with Crippen molar-refractivity contribution in [2.45, 2.75) is 6.42 Å². The molecular formula is C36H31F2N9O. The Morgan fingerprint density at radius 1 is 0.917 bits per heavy atom. The van der Waals surface area contributed by atoms with Gasteiger partial charge in [-0.3, -0.25) is 14.9 Å². The Labute approximate surface area is 274 Å². The van der Waals surface area contributed by atoms with E-state index in [-0.39, 0.29) is 34.8 Å². The van der Waals surface area contributed by atoms with Crippen molar-refractivity contribution in [1.29, 1.82) is 0 Å². The number of aromatic nitrogens is 6. The number of aromatic amines is 2. The Bertz CT molecular complexity index is 2260. The Hall–Kier alpha value is -6.01. The summed E-state index contributed by atoms with van der Waals surface area (Å²) in [6, 6.07) is 21.0. The normalized spacial score (nSPS) is 11.4. The summed E-state index contributed by atoms with van der Waals surface area (Å²) < 4.78 is 31.1. The first kappa shape index (κ1) is 30.6. The highest BCUT2D eigenvalue weighted by atomic mass is 19.1. The molecule has 0 radical (unpaired) electrons. The van der Waals surface area contributed by atoms with Crippen LogP contribution in [0.2, 0.25) is 0 Å². The summed E-state index contributed by atoms with van der Waals surface area (Å²) in [7, 11) is 3.95. The van der Waals surface area contributed by atoms with E-state index in [2.05, 4.69) is 40.8 Å². The third kappa shape index (κ3) is 6.33. The van der Waals surface area contributed by atoms with Crippen LogP contribution in [-0.4, -0.2) is 68.1 Å². The van der Waals surface area contributed by atoms with Crippen molar-refractivity contribution >= 4 is 39.3 Å². The predicted molar refractivity (Wildman–Crippen MR) is 183 cm³/mol. The molecule has 0 aliphatic heterocycles. The third-order valence-corrected chi connectivity index (χ3v) is 7.92. The van der Waals surface area contributed by atoms with Crippen LogP contribution in [-0.2, 0) is 11.2 Å². The van der Waals surface area contributed by atoms with E-state index in [1.807, 2.05) is 55.4 Å². The van der Waals surface area contributed by atoms with Crippen LogP contribution in [0.4, 0.5) is 20.2 Å². The van der Waals surface area contributed by atoms with Crippen LogP contribution in [0.15, 0.2) is 91.4 Å². The lowest BCUT2D eigenvalue weighted by Crippen LogP contribution is -2.20. The lowest BCUT2D eigenvalue weighted by molar-refractivity contribution is -0.115. The summed E-state index contributed by atoms with van der Waals surface area (Å²) in [6.45, 7) is 1.44. The van der Waals surface area contributed by atoms with Crippen molar-refractivity contribution in [2.75, 3.05) is 37.8 Å². The maximum atomic E-state index is 16.4. The molecular weight excluding hydrogens is 612 g/mol. The van der Waals surface area contributed by atoms with Crippen molar-refractivity contribution in [3.8, 4) is 33.8 Å². The molecule has 0 aliphatic rings. The molecule has 10 nitrogen and oxygen atoms in total. The smallest absolute Gasteiger partial charge is 0.228 e. The maximum absolute atomic E-state index is 16.4. The van der Waals surface area contributed by atoms with Gasteiger partial charge >= 0.3 is 0 Å². The molecule has 0 atom stereocenters. The maximum Gasteiger partial charge on any atom is 0.228 e. The molecule has 0 aliphatic carbocycles. The number of H-pyrrole nitrogens is 2. The largest absolute Gasteiger partial charge is 0.384 e. The van der Waals surface area contributed by atoms with Crippen LogP contribution < -0.4 is 10.6 Å². The van der Waals surface area contributed by atoms with E-state index in [0.29, 0.717) is 57.1 Å². The number of pyridine rings is 2. The van der Waals surface area contributed by atoms with Gasteiger partial charge in [0.2, 0.25) is 5.91 Å². The fraction of sp³-hybridized carbons (Fsp3) is 0.139. The number of likely N-dealkylation sites (N-methyl/N-ethyl adjacent to an activating group) is 1. The zero-order chi connectivity index (χ0) is 33.2. The molecule has 0 fully saturated rings. The number of fused-ring (bicyclic) bond motifs is 2. The minimum atomic E-state index is -0.530. The summed E-state index contributed by atoms with van der Waals surface area (Å²) in [6.07, 6.45) is 4.86. The minimum absolute atomic E-state index is 0.200. The molecule has 4 N–H and O–H groups in total. The van der Waals surface area contributed by atoms with Crippen LogP contribution in [0.1, 0.15) is 5.56 Å². The number of carbonyl (C=O) groups excluding carboxylic acids is 1. The van der Waals surface area contributed by atoms with Gasteiger partial charge in [-0.05, 0) is 67.7 Å². The number of nitrogens with one attached hydrogen (secondary N) is 4. The van der Waals surface area contributed by atoms with Crippen LogP contribution in [0.3, 0.4) is 0 Å². The highest BCUT2D eigenvalue weighted by molar-refractivity contribution is 5.98. The summed E-state index contributed by atoms with van der Waals surface area (Å²) in [5, 5.41) is 13.6. The second kappa shape index (κ2) is 13.0. The topological polar surface area (TPSA) is 128 Å². The molecule has 48 heavy (non-hydrogen) atoms. The lowest BCUT2D eigenvalue weighted by Gasteiger charge is -2.13. The molecule has 3 aromatic carbocycles. The Morgan fingerprint density at radius 3 is 2.58 bits per heavy atom. The van der Waals surface area contributed by atoms with E-state index in [9.17, 15) is 9.18 Å². The van der Waals surface area contributed by atoms with Crippen molar-refractivity contribution in [2.24, 2.45) is 0 Å². The SMILES string of the molecule is CN(C)CCNc1cc(F)cc(-c2ccnc3nc(-c4n[nH]c5ccc(-c6cncc(NC(=O)Cc7ccccc7)c6)c(F)c45)[nH]c23)c1. The number of hydrogen-bond donors (Lipinski definition) is 4. The molecule has 4 aromatic heterocycles. The first-order valence-corrected chi connectivity index (χ1v) is 15.3. The quantitative estimate of drug-likeness (QED) is 0.131. The fourth-order valence-electron chi connectivity index (χ4n) is 5.64. The molecule has 7 aromatic rings. The first-order chi connectivity index (χ1) is 23.3. The Kier molecular flexibility index (Phi) is 8.30. The molecule has 240 valence electrons. The van der Waals surface area contributed by atoms with E-state index in [1.165, 1.54) is 24.5 Å². The lowest BCUT2D eigenvalue weighted by atomic mass is 10.0. The molecule has 4 heterocycles. The van der Waals surface area contributed by atoms with Gasteiger partial charge in [-0.15, -0.1) is 0 Å². The number of imidazole rings is 1. The van der Waals surface area contributed by atoms with Crippen molar-refractivity contribution in [3.05, 3.63) is 109 Å². The van der Waals surface area contributed by atoms with E-state index in [4.69, 9.17) is 0 Å². The van der Waals surface area contributed by atoms with Gasteiger partial charge in [-0.2, -0.15) is 5.10 Å². The third-order valence-electron chi connectivity index (χ3n) is 7.92. The van der Waals surface area contributed by atoms with Crippen LogP contribution in [0, 0.1) is 11.6 Å². The molecule has 0 unspecified atom stereocenters. The van der Waals surface area contributed by atoms with Crippen LogP contribution in [0.25, 0.3) is 55.8 Å². The zero-order valence-electron chi connectivity index (χ0n) is 26.2. The number of anilines is 2. The van der Waals surface area contributed by atoms with Gasteiger partial charge in [0.1, 0.15) is 17.3 Å². The number of nitrogens with zero attached hydrogens (tertiary/aromatic N) is 5. The summed E-state index contributed by atoms with van der Waals surface area (Å²) in [5.41, 5.74) is 5.73. The Morgan fingerprint density at radius 2 is 1.75 bits per heavy atom. The number of carbonyl (C=O) groups is 1. The molecule has 0 saturated carbocycles. The minimum Gasteiger partial charge on any atom is -0.384 e. The molecule has 1 amide bonds. The number of rotatable bonds is 10. The second-order valence-electron chi connectivity index (χ2n) is 11.7. The van der Waals surface area contributed by atoms with E-state index in [0.717, 1.165) is 12.1 Å². The first-order valence-electron chi connectivity index (χ1n) is 15.3. The summed E-state index contributed by atoms with van der Waals surface area (Å²) in [5.74, 6) is -0.820. The van der Waals surface area contributed by atoms with Gasteiger partial charge in [0, 0.05) is 47.9 Å². The summed E-state index contributed by atoms with van der Waals surface area (Å²) in [4.78, 5) is 31.3. The van der Waals surface area contributed by atoms with Gasteiger partial charge in [-0.25, -0.2) is 18.7 Å². The zero-order valence-corrected chi connectivity index (χ0v) is 26.2.